The molecule has 1 unspecified atom stereocenters. The Morgan fingerprint density at radius 3 is 2.67 bits per heavy atom. The molecule has 3 aromatic rings. The van der Waals surface area contributed by atoms with Gasteiger partial charge in [-0.25, -0.2) is 4.39 Å². The van der Waals surface area contributed by atoms with E-state index in [9.17, 15) is 22.4 Å². The summed E-state index contributed by atoms with van der Waals surface area (Å²) in [7, 11) is 4.67. The summed E-state index contributed by atoms with van der Waals surface area (Å²) in [5, 5.41) is 4.50. The Labute approximate surface area is 235 Å². The van der Waals surface area contributed by atoms with E-state index >= 15 is 0 Å². The van der Waals surface area contributed by atoms with Gasteiger partial charge in [-0.2, -0.15) is 28.2 Å². The van der Waals surface area contributed by atoms with Gasteiger partial charge in [0.05, 0.1) is 53.5 Å². The van der Waals surface area contributed by atoms with Crippen molar-refractivity contribution < 1.29 is 31.8 Å². The number of benzene rings is 1. The third-order valence-electron chi connectivity index (χ3n) is 6.92. The zero-order valence-electron chi connectivity index (χ0n) is 21.8. The molecular weight excluding hydrogens is 602 g/mol. The van der Waals surface area contributed by atoms with Crippen molar-refractivity contribution in [3.8, 4) is 6.01 Å². The lowest BCUT2D eigenvalue weighted by molar-refractivity contribution is -0.140. The number of carbonyl (C=O) groups is 1. The van der Waals surface area contributed by atoms with Crippen molar-refractivity contribution in [1.82, 2.24) is 24.6 Å². The number of nitrogen functional groups attached to an aromatic ring is 1. The number of methoxy groups -OCH3 is 1. The maximum atomic E-state index is 15.0. The first-order valence-electron chi connectivity index (χ1n) is 12.3. The number of fused-ring (bicyclic) bond motifs is 2. The summed E-state index contributed by atoms with van der Waals surface area (Å²) in [5.74, 6) is -0.934. The van der Waals surface area contributed by atoms with Gasteiger partial charge in [-0.3, -0.25) is 9.48 Å². The minimum Gasteiger partial charge on any atom is -0.467 e. The number of nitrogens with two attached hydrogens (primary N) is 1. The van der Waals surface area contributed by atoms with E-state index in [-0.39, 0.29) is 24.9 Å². The van der Waals surface area contributed by atoms with Crippen LogP contribution in [0.15, 0.2) is 16.6 Å². The highest BCUT2D eigenvalue weighted by Crippen LogP contribution is 2.43. The second-order valence-corrected chi connectivity index (χ2v) is 10.5. The van der Waals surface area contributed by atoms with Gasteiger partial charge in [0.15, 0.2) is 11.5 Å². The lowest BCUT2D eigenvalue weighted by Gasteiger charge is -2.31. The predicted molar refractivity (Wildman–Crippen MR) is 139 cm³/mol. The van der Waals surface area contributed by atoms with Gasteiger partial charge in [0, 0.05) is 44.7 Å². The summed E-state index contributed by atoms with van der Waals surface area (Å²) >= 11 is 3.54. The SMILES string of the molecule is COc1nc2c(c(N3CCCn4nc(C(=O)N(C)C)c(Br)c4C3)n1)COC(c1c(C(F)(F)F)ccc(N)c1F)C2. The molecule has 0 saturated heterocycles. The van der Waals surface area contributed by atoms with Crippen LogP contribution in [0.25, 0.3) is 0 Å². The molecule has 1 aromatic carbocycles. The van der Waals surface area contributed by atoms with Crippen LogP contribution < -0.4 is 15.4 Å². The largest absolute Gasteiger partial charge is 0.467 e. The van der Waals surface area contributed by atoms with E-state index in [2.05, 4.69) is 31.0 Å². The molecule has 2 aliphatic rings. The molecule has 5 rings (SSSR count). The predicted octanol–water partition coefficient (Wildman–Crippen LogP) is 4.11. The number of anilines is 2. The van der Waals surface area contributed by atoms with Gasteiger partial charge in [-0.1, -0.05) is 0 Å². The van der Waals surface area contributed by atoms with Crippen LogP contribution in [0.5, 0.6) is 6.01 Å². The Kier molecular flexibility index (Phi) is 7.37. The van der Waals surface area contributed by atoms with Gasteiger partial charge < -0.3 is 25.0 Å². The van der Waals surface area contributed by atoms with E-state index in [4.69, 9.17) is 15.2 Å². The Morgan fingerprint density at radius 2 is 2.00 bits per heavy atom. The number of aromatic nitrogens is 4. The van der Waals surface area contributed by atoms with Crippen LogP contribution in [-0.2, 0) is 37.0 Å². The fourth-order valence-electron chi connectivity index (χ4n) is 4.95. The molecule has 0 bridgehead atoms. The molecule has 2 aromatic heterocycles. The topological polar surface area (TPSA) is 112 Å². The molecule has 214 valence electrons. The Balaban J connectivity index is 1.53. The Morgan fingerprint density at radius 1 is 1.25 bits per heavy atom. The molecule has 0 aliphatic carbocycles. The van der Waals surface area contributed by atoms with Crippen LogP contribution in [-0.4, -0.2) is 58.3 Å². The smallest absolute Gasteiger partial charge is 0.416 e. The molecule has 0 radical (unpaired) electrons. The summed E-state index contributed by atoms with van der Waals surface area (Å²) in [6, 6.07) is 1.66. The average molecular weight is 628 g/mol. The van der Waals surface area contributed by atoms with Crippen LogP contribution in [0, 0.1) is 5.82 Å². The highest BCUT2D eigenvalue weighted by Gasteiger charge is 2.40. The molecule has 0 fully saturated rings. The van der Waals surface area contributed by atoms with Gasteiger partial charge in [0.25, 0.3) is 5.91 Å². The molecule has 0 saturated carbocycles. The van der Waals surface area contributed by atoms with Crippen LogP contribution >= 0.6 is 15.9 Å². The van der Waals surface area contributed by atoms with E-state index in [0.29, 0.717) is 53.3 Å². The van der Waals surface area contributed by atoms with Gasteiger partial charge in [0.1, 0.15) is 5.82 Å². The van der Waals surface area contributed by atoms with E-state index in [1.165, 1.54) is 12.0 Å². The molecule has 4 heterocycles. The van der Waals surface area contributed by atoms with Crippen LogP contribution in [0.4, 0.5) is 29.1 Å². The number of aryl methyl sites for hydroxylation is 1. The number of halogens is 5. The Bertz CT molecular complexity index is 1480. The third kappa shape index (κ3) is 4.96. The zero-order chi connectivity index (χ0) is 28.9. The summed E-state index contributed by atoms with van der Waals surface area (Å²) < 4.78 is 69.8. The fourth-order valence-corrected chi connectivity index (χ4v) is 5.53. The van der Waals surface area contributed by atoms with Crippen molar-refractivity contribution in [2.75, 3.05) is 38.4 Å². The molecule has 40 heavy (non-hydrogen) atoms. The maximum Gasteiger partial charge on any atom is 0.416 e. The number of hydrogen-bond acceptors (Lipinski definition) is 8. The maximum absolute atomic E-state index is 15.0. The lowest BCUT2D eigenvalue weighted by Crippen LogP contribution is -2.29. The lowest BCUT2D eigenvalue weighted by atomic mass is 9.94. The second-order valence-electron chi connectivity index (χ2n) is 9.70. The van der Waals surface area contributed by atoms with Gasteiger partial charge in [-0.05, 0) is 34.5 Å². The number of nitrogens with zero attached hydrogens (tertiary/aromatic N) is 6. The second kappa shape index (κ2) is 10.5. The summed E-state index contributed by atoms with van der Waals surface area (Å²) in [5.41, 5.74) is 5.41. The quantitative estimate of drug-likeness (QED) is 0.340. The minimum atomic E-state index is -4.81. The number of alkyl halides is 3. The summed E-state index contributed by atoms with van der Waals surface area (Å²) in [4.78, 5) is 25.0. The highest BCUT2D eigenvalue weighted by atomic mass is 79.9. The third-order valence-corrected chi connectivity index (χ3v) is 7.75. The molecule has 1 amide bonds. The van der Waals surface area contributed by atoms with Gasteiger partial charge in [-0.15, -0.1) is 0 Å². The monoisotopic (exact) mass is 627 g/mol. The van der Waals surface area contributed by atoms with Crippen molar-refractivity contribution in [3.05, 3.63) is 56.2 Å². The first-order chi connectivity index (χ1) is 18.9. The normalized spacial score (nSPS) is 17.2. The van der Waals surface area contributed by atoms with Crippen LogP contribution in [0.1, 0.15) is 51.1 Å². The number of carbonyl (C=O) groups excluding carboxylic acids is 1. The number of ether oxygens (including phenoxy) is 2. The van der Waals surface area contributed by atoms with Crippen molar-refractivity contribution in [2.45, 2.75) is 44.8 Å². The first kappa shape index (κ1) is 28.1. The van der Waals surface area contributed by atoms with Gasteiger partial charge in [0.2, 0.25) is 0 Å². The minimum absolute atomic E-state index is 0.0128. The standard InChI is InChI=1S/C25H26BrF4N7O3/c1-35(2)23(38)21-19(26)16-10-36(7-4-8-37(16)34-21)22-12-11-40-17(9-15(12)32-24(33-22)39-3)18-13(25(28,29)30)5-6-14(31)20(18)27/h5-6,17H,4,7-11,31H2,1-3H3. The summed E-state index contributed by atoms with van der Waals surface area (Å²) in [6.45, 7) is 1.28. The molecule has 2 N–H and O–H groups in total. The van der Waals surface area contributed by atoms with Crippen molar-refractivity contribution >= 4 is 33.3 Å². The van der Waals surface area contributed by atoms with E-state index in [1.807, 2.05) is 4.90 Å². The number of rotatable bonds is 4. The molecule has 15 heteroatoms. The average Bonchev–Trinajstić information content (AvgIpc) is 3.07. The number of amides is 1. The van der Waals surface area contributed by atoms with Gasteiger partial charge >= 0.3 is 12.2 Å². The molecule has 0 spiro atoms. The van der Waals surface area contributed by atoms with E-state index < -0.39 is 34.9 Å². The van der Waals surface area contributed by atoms with E-state index in [0.717, 1.165) is 17.8 Å². The van der Waals surface area contributed by atoms with Crippen molar-refractivity contribution in [1.29, 1.82) is 0 Å². The molecule has 2 aliphatic heterocycles. The molecule has 1 atom stereocenters. The number of hydrogen-bond donors (Lipinski definition) is 1. The zero-order valence-corrected chi connectivity index (χ0v) is 23.4. The van der Waals surface area contributed by atoms with Crippen LogP contribution in [0.3, 0.4) is 0 Å². The molecular formula is C25H26BrF4N7O3. The first-order valence-corrected chi connectivity index (χ1v) is 13.1. The Hall–Kier alpha value is -3.46. The van der Waals surface area contributed by atoms with Crippen molar-refractivity contribution in [3.63, 3.8) is 0 Å². The van der Waals surface area contributed by atoms with E-state index in [1.54, 1.807) is 18.8 Å². The fraction of sp³-hybridized carbons (Fsp3) is 0.440. The van der Waals surface area contributed by atoms with Crippen molar-refractivity contribution in [2.24, 2.45) is 0 Å². The summed E-state index contributed by atoms with van der Waals surface area (Å²) in [6.07, 6.45) is -5.57. The highest BCUT2D eigenvalue weighted by molar-refractivity contribution is 9.10. The molecule has 10 nitrogen and oxygen atoms in total. The van der Waals surface area contributed by atoms with Crippen LogP contribution in [0.2, 0.25) is 0 Å².